The van der Waals surface area contributed by atoms with Crippen molar-refractivity contribution in [3.8, 4) is 0 Å². The Morgan fingerprint density at radius 1 is 1.22 bits per heavy atom. The predicted molar refractivity (Wildman–Crippen MR) is 129 cm³/mol. The van der Waals surface area contributed by atoms with Gasteiger partial charge < -0.3 is 4.90 Å². The van der Waals surface area contributed by atoms with Crippen LogP contribution in [0, 0.1) is 12.7 Å². The molecule has 4 nitrogen and oxygen atoms in total. The number of benzene rings is 2. The Hall–Kier alpha value is -2.60. The number of hydrogen-bond donors (Lipinski definition) is 0. The first-order valence-corrected chi connectivity index (χ1v) is 11.8. The number of imide groups is 1. The van der Waals surface area contributed by atoms with Gasteiger partial charge in [-0.1, -0.05) is 25.1 Å². The minimum Gasteiger partial charge on any atom is -0.366 e. The molecule has 4 rings (SSSR count). The van der Waals surface area contributed by atoms with Crippen LogP contribution in [0.3, 0.4) is 0 Å². The molecule has 2 aliphatic rings. The lowest BCUT2D eigenvalue weighted by atomic mass is 9.79. The van der Waals surface area contributed by atoms with Gasteiger partial charge in [-0.3, -0.25) is 14.5 Å². The number of aryl methyl sites for hydroxylation is 1. The van der Waals surface area contributed by atoms with Crippen LogP contribution >= 0.6 is 11.8 Å². The third-order valence-electron chi connectivity index (χ3n) is 6.54. The highest BCUT2D eigenvalue weighted by Crippen LogP contribution is 2.45. The monoisotopic (exact) mass is 452 g/mol. The zero-order chi connectivity index (χ0) is 23.2. The molecular weight excluding hydrogens is 423 g/mol. The van der Waals surface area contributed by atoms with E-state index in [1.165, 1.54) is 17.3 Å². The fraction of sp³-hybridized carbons (Fsp3) is 0.385. The van der Waals surface area contributed by atoms with Gasteiger partial charge >= 0.3 is 0 Å². The second kappa shape index (κ2) is 8.39. The molecule has 2 aromatic rings. The van der Waals surface area contributed by atoms with Crippen molar-refractivity contribution in [1.29, 1.82) is 0 Å². The number of fused-ring (bicyclic) bond motifs is 1. The van der Waals surface area contributed by atoms with Crippen molar-refractivity contribution in [2.75, 3.05) is 11.4 Å². The van der Waals surface area contributed by atoms with Crippen LogP contribution in [0.5, 0.6) is 0 Å². The maximum Gasteiger partial charge on any atom is 0.293 e. The molecule has 0 radical (unpaired) electrons. The van der Waals surface area contributed by atoms with Gasteiger partial charge in [-0.05, 0) is 92.8 Å². The van der Waals surface area contributed by atoms with Crippen LogP contribution in [0.25, 0.3) is 6.08 Å². The lowest BCUT2D eigenvalue weighted by Crippen LogP contribution is -2.48. The van der Waals surface area contributed by atoms with Gasteiger partial charge in [0.25, 0.3) is 11.1 Å². The number of anilines is 1. The number of amides is 2. The second-order valence-corrected chi connectivity index (χ2v) is 10.3. The summed E-state index contributed by atoms with van der Waals surface area (Å²) in [6.07, 6.45) is 2.86. The fourth-order valence-corrected chi connectivity index (χ4v) is 5.81. The van der Waals surface area contributed by atoms with Gasteiger partial charge in [-0.25, -0.2) is 4.39 Å². The molecule has 1 fully saturated rings. The molecule has 1 atom stereocenters. The van der Waals surface area contributed by atoms with Crippen LogP contribution in [0.4, 0.5) is 14.9 Å². The van der Waals surface area contributed by atoms with E-state index in [9.17, 15) is 14.0 Å². The molecule has 0 aliphatic carbocycles. The molecule has 6 heteroatoms. The number of thioether (sulfide) groups is 1. The van der Waals surface area contributed by atoms with Crippen molar-refractivity contribution in [1.82, 2.24) is 4.90 Å². The highest BCUT2D eigenvalue weighted by molar-refractivity contribution is 8.18. The Morgan fingerprint density at radius 3 is 2.62 bits per heavy atom. The SMILES string of the molecule is CCN1c2cc(C)c(/C=C3\SC(=O)N(Cc4ccccc4F)C3=O)cc2[C@H](C)CC1(C)C. The maximum absolute atomic E-state index is 14.0. The number of hydrogen-bond acceptors (Lipinski definition) is 4. The number of halogens is 1. The van der Waals surface area contributed by atoms with Crippen molar-refractivity contribution in [2.45, 2.75) is 59.0 Å². The van der Waals surface area contributed by atoms with Gasteiger partial charge in [0.05, 0.1) is 11.4 Å². The summed E-state index contributed by atoms with van der Waals surface area (Å²) in [5.41, 5.74) is 4.95. The lowest BCUT2D eigenvalue weighted by Gasteiger charge is -2.47. The summed E-state index contributed by atoms with van der Waals surface area (Å²) in [7, 11) is 0. The van der Waals surface area contributed by atoms with E-state index in [1.54, 1.807) is 18.2 Å². The minimum absolute atomic E-state index is 0.0601. The van der Waals surface area contributed by atoms with Crippen LogP contribution in [-0.4, -0.2) is 28.1 Å². The summed E-state index contributed by atoms with van der Waals surface area (Å²) in [6.45, 7) is 11.9. The first-order chi connectivity index (χ1) is 15.1. The van der Waals surface area contributed by atoms with Crippen LogP contribution < -0.4 is 4.90 Å². The van der Waals surface area contributed by atoms with E-state index in [0.717, 1.165) is 40.8 Å². The average molecular weight is 453 g/mol. The van der Waals surface area contributed by atoms with Crippen LogP contribution in [0.15, 0.2) is 41.3 Å². The Bertz CT molecular complexity index is 1120. The third kappa shape index (κ3) is 3.96. The molecule has 2 aromatic carbocycles. The molecular formula is C26H29FN2O2S. The first kappa shape index (κ1) is 22.6. The van der Waals surface area contributed by atoms with E-state index < -0.39 is 5.82 Å². The van der Waals surface area contributed by atoms with Crippen LogP contribution in [0.1, 0.15) is 62.3 Å². The molecule has 2 amide bonds. The fourth-order valence-electron chi connectivity index (χ4n) is 4.98. The molecule has 0 bridgehead atoms. The standard InChI is InChI=1S/C26H29FN2O2S/c1-6-29-22-11-16(2)19(12-20(22)17(3)14-26(29,4)5)13-23-24(30)28(25(31)32-23)15-18-9-7-8-10-21(18)27/h7-13,17H,6,14-15H2,1-5H3/b23-13-/t17-/m1/s1. The number of nitrogens with zero attached hydrogens (tertiary/aromatic N) is 2. The smallest absolute Gasteiger partial charge is 0.293 e. The van der Waals surface area contributed by atoms with Crippen LogP contribution in [-0.2, 0) is 11.3 Å². The van der Waals surface area contributed by atoms with E-state index in [4.69, 9.17) is 0 Å². The molecule has 32 heavy (non-hydrogen) atoms. The summed E-state index contributed by atoms with van der Waals surface area (Å²) in [6, 6.07) is 10.6. The van der Waals surface area contributed by atoms with Gasteiger partial charge in [0.2, 0.25) is 0 Å². The normalized spacial score (nSPS) is 21.4. The molecule has 0 aromatic heterocycles. The Labute approximate surface area is 193 Å². The summed E-state index contributed by atoms with van der Waals surface area (Å²) in [4.78, 5) is 29.4. The van der Waals surface area contributed by atoms with Crippen molar-refractivity contribution >= 4 is 34.7 Å². The lowest BCUT2D eigenvalue weighted by molar-refractivity contribution is -0.123. The quantitative estimate of drug-likeness (QED) is 0.498. The van der Waals surface area contributed by atoms with Crippen LogP contribution in [0.2, 0.25) is 0 Å². The third-order valence-corrected chi connectivity index (χ3v) is 7.44. The largest absolute Gasteiger partial charge is 0.366 e. The molecule has 0 unspecified atom stereocenters. The van der Waals surface area contributed by atoms with Crippen molar-refractivity contribution < 1.29 is 14.0 Å². The topological polar surface area (TPSA) is 40.6 Å². The van der Waals surface area contributed by atoms with E-state index in [2.05, 4.69) is 44.7 Å². The molecule has 2 aliphatic heterocycles. The Kier molecular flexibility index (Phi) is 5.93. The number of rotatable bonds is 4. The van der Waals surface area contributed by atoms with Gasteiger partial charge in [0.15, 0.2) is 0 Å². The molecule has 168 valence electrons. The minimum atomic E-state index is -0.418. The van der Waals surface area contributed by atoms with Gasteiger partial charge in [-0.15, -0.1) is 0 Å². The first-order valence-electron chi connectivity index (χ1n) is 11.0. The molecule has 1 saturated heterocycles. The van der Waals surface area contributed by atoms with Crippen molar-refractivity contribution in [2.24, 2.45) is 0 Å². The van der Waals surface area contributed by atoms with E-state index in [0.29, 0.717) is 16.4 Å². The summed E-state index contributed by atoms with van der Waals surface area (Å²) in [5, 5.41) is -0.368. The number of carbonyl (C=O) groups excluding carboxylic acids is 2. The van der Waals surface area contributed by atoms with Gasteiger partial charge in [0.1, 0.15) is 5.82 Å². The maximum atomic E-state index is 14.0. The van der Waals surface area contributed by atoms with Gasteiger partial charge in [0, 0.05) is 23.3 Å². The summed E-state index contributed by atoms with van der Waals surface area (Å²) < 4.78 is 14.0. The van der Waals surface area contributed by atoms with Crippen molar-refractivity contribution in [3.05, 3.63) is 69.4 Å². The van der Waals surface area contributed by atoms with E-state index in [1.807, 2.05) is 13.0 Å². The molecule has 0 saturated carbocycles. The highest BCUT2D eigenvalue weighted by atomic mass is 32.2. The average Bonchev–Trinajstić information content (AvgIpc) is 2.98. The van der Waals surface area contributed by atoms with Gasteiger partial charge in [-0.2, -0.15) is 0 Å². The molecule has 2 heterocycles. The zero-order valence-corrected chi connectivity index (χ0v) is 20.1. The van der Waals surface area contributed by atoms with Crippen molar-refractivity contribution in [3.63, 3.8) is 0 Å². The number of carbonyl (C=O) groups is 2. The molecule has 0 spiro atoms. The predicted octanol–water partition coefficient (Wildman–Crippen LogP) is 6.48. The van der Waals surface area contributed by atoms with E-state index >= 15 is 0 Å². The second-order valence-electron chi connectivity index (χ2n) is 9.29. The highest BCUT2D eigenvalue weighted by Gasteiger charge is 2.37. The Balaban J connectivity index is 1.66. The molecule has 0 N–H and O–H groups in total. The van der Waals surface area contributed by atoms with E-state index in [-0.39, 0.29) is 23.2 Å². The summed E-state index contributed by atoms with van der Waals surface area (Å²) in [5.74, 6) is -0.394. The zero-order valence-electron chi connectivity index (χ0n) is 19.2. The summed E-state index contributed by atoms with van der Waals surface area (Å²) >= 11 is 0.919. The Morgan fingerprint density at radius 2 is 1.94 bits per heavy atom.